The van der Waals surface area contributed by atoms with Crippen molar-refractivity contribution in [2.45, 2.75) is 38.7 Å². The van der Waals surface area contributed by atoms with Gasteiger partial charge in [-0.15, -0.1) is 0 Å². The van der Waals surface area contributed by atoms with Crippen LogP contribution in [0.3, 0.4) is 0 Å². The summed E-state index contributed by atoms with van der Waals surface area (Å²) in [6.07, 6.45) is 1.70. The highest BCUT2D eigenvalue weighted by atomic mass is 16.5. The van der Waals surface area contributed by atoms with E-state index < -0.39 is 6.10 Å². The SMILES string of the molecule is COc1ccc2nc(C3CC3)cc(C(=O)NCC(O)C(C)C)c2c1. The molecule has 1 aliphatic rings. The van der Waals surface area contributed by atoms with Crippen LogP contribution in [-0.4, -0.2) is 35.8 Å². The molecule has 0 aliphatic heterocycles. The van der Waals surface area contributed by atoms with E-state index in [9.17, 15) is 9.90 Å². The van der Waals surface area contributed by atoms with Crippen molar-refractivity contribution < 1.29 is 14.6 Å². The summed E-state index contributed by atoms with van der Waals surface area (Å²) in [5.41, 5.74) is 2.37. The Hall–Kier alpha value is -2.14. The summed E-state index contributed by atoms with van der Waals surface area (Å²) in [7, 11) is 1.60. The first-order valence-corrected chi connectivity index (χ1v) is 8.44. The number of aromatic nitrogens is 1. The molecule has 1 unspecified atom stereocenters. The third-order valence-electron chi connectivity index (χ3n) is 4.52. The molecule has 2 aromatic rings. The smallest absolute Gasteiger partial charge is 0.252 e. The van der Waals surface area contributed by atoms with Crippen LogP contribution in [0.2, 0.25) is 0 Å². The van der Waals surface area contributed by atoms with Crippen molar-refractivity contribution in [3.05, 3.63) is 35.5 Å². The quantitative estimate of drug-likeness (QED) is 0.855. The first-order chi connectivity index (χ1) is 11.5. The molecule has 128 valence electrons. The van der Waals surface area contributed by atoms with Crippen molar-refractivity contribution in [2.24, 2.45) is 5.92 Å². The van der Waals surface area contributed by atoms with E-state index in [1.165, 1.54) is 0 Å². The molecule has 0 radical (unpaired) electrons. The zero-order valence-electron chi connectivity index (χ0n) is 14.4. The van der Waals surface area contributed by atoms with E-state index in [1.807, 2.05) is 38.1 Å². The monoisotopic (exact) mass is 328 g/mol. The highest BCUT2D eigenvalue weighted by Crippen LogP contribution is 2.40. The summed E-state index contributed by atoms with van der Waals surface area (Å²) in [6.45, 7) is 4.09. The fourth-order valence-corrected chi connectivity index (χ4v) is 2.66. The maximum atomic E-state index is 12.7. The molecular formula is C19H24N2O3. The number of amides is 1. The molecule has 1 atom stereocenters. The van der Waals surface area contributed by atoms with Gasteiger partial charge in [0, 0.05) is 23.5 Å². The van der Waals surface area contributed by atoms with E-state index >= 15 is 0 Å². The molecule has 1 heterocycles. The van der Waals surface area contributed by atoms with E-state index in [2.05, 4.69) is 5.32 Å². The van der Waals surface area contributed by atoms with Crippen molar-refractivity contribution >= 4 is 16.8 Å². The summed E-state index contributed by atoms with van der Waals surface area (Å²) in [5.74, 6) is 1.07. The minimum atomic E-state index is -0.556. The number of hydrogen-bond donors (Lipinski definition) is 2. The molecule has 1 saturated carbocycles. The Morgan fingerprint density at radius 3 is 2.75 bits per heavy atom. The zero-order chi connectivity index (χ0) is 17.3. The van der Waals surface area contributed by atoms with Gasteiger partial charge < -0.3 is 15.2 Å². The summed E-state index contributed by atoms with van der Waals surface area (Å²) in [6, 6.07) is 7.47. The van der Waals surface area contributed by atoms with Gasteiger partial charge in [0.1, 0.15) is 5.75 Å². The van der Waals surface area contributed by atoms with Crippen LogP contribution in [0.15, 0.2) is 24.3 Å². The fourth-order valence-electron chi connectivity index (χ4n) is 2.66. The first kappa shape index (κ1) is 16.7. The molecule has 1 aliphatic carbocycles. The Bertz CT molecular complexity index is 754. The summed E-state index contributed by atoms with van der Waals surface area (Å²) >= 11 is 0. The van der Waals surface area contributed by atoms with Crippen molar-refractivity contribution in [1.82, 2.24) is 10.3 Å². The van der Waals surface area contributed by atoms with Crippen LogP contribution in [0.25, 0.3) is 10.9 Å². The number of fused-ring (bicyclic) bond motifs is 1. The Kier molecular flexibility index (Phi) is 4.71. The number of hydrogen-bond acceptors (Lipinski definition) is 4. The van der Waals surface area contributed by atoms with E-state index in [0.29, 0.717) is 17.2 Å². The van der Waals surface area contributed by atoms with Gasteiger partial charge in [0.25, 0.3) is 5.91 Å². The number of nitrogens with zero attached hydrogens (tertiary/aromatic N) is 1. The molecule has 2 N–H and O–H groups in total. The lowest BCUT2D eigenvalue weighted by molar-refractivity contribution is 0.0873. The number of aliphatic hydroxyl groups is 1. The lowest BCUT2D eigenvalue weighted by atomic mass is 10.0. The number of ether oxygens (including phenoxy) is 1. The summed E-state index contributed by atoms with van der Waals surface area (Å²) in [5, 5.41) is 13.5. The maximum absolute atomic E-state index is 12.7. The minimum Gasteiger partial charge on any atom is -0.497 e. The number of carbonyl (C=O) groups excluding carboxylic acids is 1. The molecule has 1 fully saturated rings. The highest BCUT2D eigenvalue weighted by molar-refractivity contribution is 6.06. The van der Waals surface area contributed by atoms with Gasteiger partial charge >= 0.3 is 0 Å². The summed E-state index contributed by atoms with van der Waals surface area (Å²) in [4.78, 5) is 17.4. The Balaban J connectivity index is 1.95. The van der Waals surface area contributed by atoms with Crippen molar-refractivity contribution in [3.63, 3.8) is 0 Å². The Morgan fingerprint density at radius 1 is 1.38 bits per heavy atom. The second kappa shape index (κ2) is 6.77. The van der Waals surface area contributed by atoms with Crippen LogP contribution in [-0.2, 0) is 0 Å². The molecule has 3 rings (SSSR count). The van der Waals surface area contributed by atoms with E-state index in [1.54, 1.807) is 7.11 Å². The first-order valence-electron chi connectivity index (χ1n) is 8.44. The topological polar surface area (TPSA) is 71.5 Å². The predicted molar refractivity (Wildman–Crippen MR) is 93.4 cm³/mol. The van der Waals surface area contributed by atoms with Gasteiger partial charge in [0.05, 0.1) is 24.3 Å². The molecule has 1 aromatic carbocycles. The van der Waals surface area contributed by atoms with Crippen LogP contribution in [0.5, 0.6) is 5.75 Å². The van der Waals surface area contributed by atoms with Crippen LogP contribution in [0.1, 0.15) is 48.7 Å². The van der Waals surface area contributed by atoms with Gasteiger partial charge in [-0.3, -0.25) is 9.78 Å². The fraction of sp³-hybridized carbons (Fsp3) is 0.474. The molecule has 1 amide bonds. The van der Waals surface area contributed by atoms with Crippen LogP contribution in [0, 0.1) is 5.92 Å². The number of carbonyl (C=O) groups is 1. The van der Waals surface area contributed by atoms with Gasteiger partial charge in [-0.2, -0.15) is 0 Å². The van der Waals surface area contributed by atoms with E-state index in [0.717, 1.165) is 29.4 Å². The molecular weight excluding hydrogens is 304 g/mol. The Morgan fingerprint density at radius 2 is 2.12 bits per heavy atom. The average Bonchev–Trinajstić information content (AvgIpc) is 3.42. The molecule has 0 bridgehead atoms. The second-order valence-corrected chi connectivity index (χ2v) is 6.77. The average molecular weight is 328 g/mol. The van der Waals surface area contributed by atoms with Gasteiger partial charge in [0.15, 0.2) is 0 Å². The van der Waals surface area contributed by atoms with Crippen LogP contribution < -0.4 is 10.1 Å². The second-order valence-electron chi connectivity index (χ2n) is 6.77. The van der Waals surface area contributed by atoms with Crippen molar-refractivity contribution in [2.75, 3.05) is 13.7 Å². The van der Waals surface area contributed by atoms with Crippen LogP contribution in [0.4, 0.5) is 0 Å². The number of methoxy groups -OCH3 is 1. The molecule has 1 aromatic heterocycles. The summed E-state index contributed by atoms with van der Waals surface area (Å²) < 4.78 is 5.28. The third kappa shape index (κ3) is 3.51. The lowest BCUT2D eigenvalue weighted by Crippen LogP contribution is -2.34. The van der Waals surface area contributed by atoms with Crippen molar-refractivity contribution in [1.29, 1.82) is 0 Å². The van der Waals surface area contributed by atoms with Gasteiger partial charge in [-0.25, -0.2) is 0 Å². The number of rotatable bonds is 6. The predicted octanol–water partition coefficient (Wildman–Crippen LogP) is 2.87. The largest absolute Gasteiger partial charge is 0.497 e. The van der Waals surface area contributed by atoms with Crippen molar-refractivity contribution in [3.8, 4) is 5.75 Å². The highest BCUT2D eigenvalue weighted by Gasteiger charge is 2.27. The van der Waals surface area contributed by atoms with E-state index in [4.69, 9.17) is 9.72 Å². The molecule has 0 saturated heterocycles. The third-order valence-corrected chi connectivity index (χ3v) is 4.52. The maximum Gasteiger partial charge on any atom is 0.252 e. The standard InChI is InChI=1S/C19H24N2O3/c1-11(2)18(22)10-20-19(23)15-9-17(12-4-5-12)21-16-7-6-13(24-3)8-14(15)16/h6-9,11-12,18,22H,4-5,10H2,1-3H3,(H,20,23). The molecule has 5 heteroatoms. The normalized spacial score (nSPS) is 15.5. The van der Waals surface area contributed by atoms with Gasteiger partial charge in [-0.05, 0) is 43.0 Å². The Labute approximate surface area is 142 Å². The lowest BCUT2D eigenvalue weighted by Gasteiger charge is -2.16. The van der Waals surface area contributed by atoms with Gasteiger partial charge in [0.2, 0.25) is 0 Å². The number of benzene rings is 1. The minimum absolute atomic E-state index is 0.0987. The van der Waals surface area contributed by atoms with E-state index in [-0.39, 0.29) is 18.4 Å². The zero-order valence-corrected chi connectivity index (χ0v) is 14.4. The number of pyridine rings is 1. The number of aliphatic hydroxyl groups excluding tert-OH is 1. The number of nitrogens with one attached hydrogen (secondary N) is 1. The molecule has 24 heavy (non-hydrogen) atoms. The van der Waals surface area contributed by atoms with Crippen LogP contribution >= 0.6 is 0 Å². The molecule has 0 spiro atoms. The van der Waals surface area contributed by atoms with Gasteiger partial charge in [-0.1, -0.05) is 13.8 Å². The molecule has 5 nitrogen and oxygen atoms in total.